The van der Waals surface area contributed by atoms with Crippen LogP contribution < -0.4 is 24.6 Å². The van der Waals surface area contributed by atoms with Crippen LogP contribution in [0.4, 0.5) is 5.69 Å². The lowest BCUT2D eigenvalue weighted by atomic mass is 10.2. The number of anilines is 1. The molecule has 7 heteroatoms. The van der Waals surface area contributed by atoms with Crippen LogP contribution in [0.1, 0.15) is 6.92 Å². The average Bonchev–Trinajstić information content (AvgIpc) is 2.76. The second-order valence-corrected chi connectivity index (χ2v) is 7.78. The van der Waals surface area contributed by atoms with Crippen molar-refractivity contribution < 1.29 is 24.1 Å². The Balaban J connectivity index is 1.39. The van der Waals surface area contributed by atoms with Crippen LogP contribution >= 0.6 is 11.6 Å². The average molecular weight is 420 g/mol. The van der Waals surface area contributed by atoms with E-state index in [0.29, 0.717) is 17.3 Å². The minimum Gasteiger partial charge on any atom is -0.497 e. The molecule has 1 amide bonds. The van der Waals surface area contributed by atoms with E-state index >= 15 is 0 Å². The third-order valence-corrected chi connectivity index (χ3v) is 5.85. The number of carbonyl (C=O) groups is 1. The van der Waals surface area contributed by atoms with Gasteiger partial charge in [0.2, 0.25) is 0 Å². The standard InChI is InChI=1S/C22H28ClN3O3/c1-17(22(27)24-21-6-4-3-5-20(21)23)26-13-11-25(12-14-26)15-16-29-19-9-7-18(28-2)8-10-19/h3-10,17H,11-16H2,1-2H3,(H,24,27)/p+2/t17-/m1/s1. The van der Waals surface area contributed by atoms with Crippen molar-refractivity contribution in [2.24, 2.45) is 0 Å². The highest BCUT2D eigenvalue weighted by Crippen LogP contribution is 2.20. The smallest absolute Gasteiger partial charge is 0.282 e. The van der Waals surface area contributed by atoms with Gasteiger partial charge in [-0.25, -0.2) is 0 Å². The van der Waals surface area contributed by atoms with Gasteiger partial charge in [0.05, 0.1) is 17.8 Å². The minimum absolute atomic E-state index is 0.0133. The summed E-state index contributed by atoms with van der Waals surface area (Å²) in [4.78, 5) is 15.4. The summed E-state index contributed by atoms with van der Waals surface area (Å²) in [5.41, 5.74) is 0.672. The van der Waals surface area contributed by atoms with Crippen molar-refractivity contribution in [3.05, 3.63) is 53.6 Å². The van der Waals surface area contributed by atoms with Gasteiger partial charge in [0.1, 0.15) is 50.8 Å². The molecule has 29 heavy (non-hydrogen) atoms. The van der Waals surface area contributed by atoms with Crippen molar-refractivity contribution in [2.45, 2.75) is 13.0 Å². The predicted octanol–water partition coefficient (Wildman–Crippen LogP) is 0.538. The zero-order valence-electron chi connectivity index (χ0n) is 17.0. The fraction of sp³-hybridized carbons (Fsp3) is 0.409. The Morgan fingerprint density at radius 1 is 1.07 bits per heavy atom. The summed E-state index contributed by atoms with van der Waals surface area (Å²) in [7, 11) is 1.65. The molecule has 1 aliphatic heterocycles. The Hall–Kier alpha value is -2.28. The molecule has 3 N–H and O–H groups in total. The van der Waals surface area contributed by atoms with E-state index in [1.54, 1.807) is 13.2 Å². The molecule has 1 saturated heterocycles. The molecule has 0 aromatic heterocycles. The first-order chi connectivity index (χ1) is 14.1. The van der Waals surface area contributed by atoms with Gasteiger partial charge in [-0.15, -0.1) is 0 Å². The summed E-state index contributed by atoms with van der Waals surface area (Å²) >= 11 is 6.14. The van der Waals surface area contributed by atoms with Crippen LogP contribution in [-0.2, 0) is 4.79 Å². The van der Waals surface area contributed by atoms with E-state index in [-0.39, 0.29) is 11.9 Å². The Kier molecular flexibility index (Phi) is 7.75. The molecule has 0 saturated carbocycles. The van der Waals surface area contributed by atoms with Crippen LogP contribution in [-0.4, -0.2) is 58.4 Å². The van der Waals surface area contributed by atoms with Gasteiger partial charge in [-0.1, -0.05) is 23.7 Å². The zero-order valence-corrected chi connectivity index (χ0v) is 17.8. The largest absolute Gasteiger partial charge is 0.497 e. The van der Waals surface area contributed by atoms with Crippen LogP contribution in [0, 0.1) is 0 Å². The number of halogens is 1. The predicted molar refractivity (Wildman–Crippen MR) is 114 cm³/mol. The number of nitrogens with one attached hydrogen (secondary N) is 3. The fourth-order valence-electron chi connectivity index (χ4n) is 3.58. The summed E-state index contributed by atoms with van der Waals surface area (Å²) in [6, 6.07) is 14.9. The molecule has 1 atom stereocenters. The zero-order chi connectivity index (χ0) is 20.6. The Bertz CT molecular complexity index is 792. The van der Waals surface area contributed by atoms with Gasteiger partial charge in [-0.05, 0) is 43.3 Å². The Morgan fingerprint density at radius 3 is 2.38 bits per heavy atom. The van der Waals surface area contributed by atoms with Gasteiger partial charge >= 0.3 is 0 Å². The second kappa shape index (κ2) is 10.5. The van der Waals surface area contributed by atoms with Crippen molar-refractivity contribution in [1.29, 1.82) is 0 Å². The molecule has 1 aliphatic rings. The number of carbonyl (C=O) groups excluding carboxylic acids is 1. The molecule has 6 nitrogen and oxygen atoms in total. The van der Waals surface area contributed by atoms with E-state index in [2.05, 4.69) is 5.32 Å². The summed E-state index contributed by atoms with van der Waals surface area (Å²) in [5.74, 6) is 1.70. The molecular formula is C22H30ClN3O3+2. The molecule has 0 unspecified atom stereocenters. The first-order valence-electron chi connectivity index (χ1n) is 10.1. The molecule has 3 rings (SSSR count). The van der Waals surface area contributed by atoms with E-state index < -0.39 is 0 Å². The maximum Gasteiger partial charge on any atom is 0.282 e. The molecule has 1 fully saturated rings. The normalized spacial score (nSPS) is 20.0. The number of piperazine rings is 1. The first kappa shape index (κ1) is 21.4. The summed E-state index contributed by atoms with van der Waals surface area (Å²) in [5, 5.41) is 3.52. The number of amides is 1. The highest BCUT2D eigenvalue weighted by atomic mass is 35.5. The van der Waals surface area contributed by atoms with Crippen molar-refractivity contribution in [2.75, 3.05) is 51.8 Å². The third kappa shape index (κ3) is 6.10. The monoisotopic (exact) mass is 419 g/mol. The molecule has 0 radical (unpaired) electrons. The molecule has 2 aromatic rings. The maximum atomic E-state index is 12.6. The van der Waals surface area contributed by atoms with Crippen LogP contribution in [0.2, 0.25) is 5.02 Å². The topological polar surface area (TPSA) is 56.4 Å². The lowest BCUT2D eigenvalue weighted by molar-refractivity contribution is -1.02. The number of hydrogen-bond acceptors (Lipinski definition) is 3. The number of ether oxygens (including phenoxy) is 2. The van der Waals surface area contributed by atoms with Crippen LogP contribution in [0.3, 0.4) is 0 Å². The van der Waals surface area contributed by atoms with Crippen molar-refractivity contribution >= 4 is 23.2 Å². The minimum atomic E-state index is -0.108. The SMILES string of the molecule is COc1ccc(OCC[NH+]2CC[NH+]([C@H](C)C(=O)Nc3ccccc3Cl)CC2)cc1. The molecular weight excluding hydrogens is 390 g/mol. The van der Waals surface area contributed by atoms with Crippen LogP contribution in [0.25, 0.3) is 0 Å². The number of quaternary nitrogens is 2. The van der Waals surface area contributed by atoms with Crippen molar-refractivity contribution in [3.63, 3.8) is 0 Å². The Morgan fingerprint density at radius 2 is 1.72 bits per heavy atom. The lowest BCUT2D eigenvalue weighted by Gasteiger charge is -2.32. The summed E-state index contributed by atoms with van der Waals surface area (Å²) in [6.45, 7) is 7.62. The van der Waals surface area contributed by atoms with Crippen LogP contribution in [0.5, 0.6) is 11.5 Å². The molecule has 156 valence electrons. The van der Waals surface area contributed by atoms with Gasteiger partial charge in [-0.2, -0.15) is 0 Å². The number of rotatable bonds is 8. The van der Waals surface area contributed by atoms with E-state index in [9.17, 15) is 4.79 Å². The third-order valence-electron chi connectivity index (χ3n) is 5.52. The fourth-order valence-corrected chi connectivity index (χ4v) is 3.76. The highest BCUT2D eigenvalue weighted by Gasteiger charge is 2.31. The van der Waals surface area contributed by atoms with Gasteiger partial charge in [0.25, 0.3) is 5.91 Å². The van der Waals surface area contributed by atoms with Gasteiger partial charge in [0, 0.05) is 0 Å². The first-order valence-corrected chi connectivity index (χ1v) is 10.4. The molecule has 1 heterocycles. The molecule has 0 bridgehead atoms. The summed E-state index contributed by atoms with van der Waals surface area (Å²) in [6.07, 6.45) is 0. The van der Waals surface area contributed by atoms with Gasteiger partial charge in [-0.3, -0.25) is 4.79 Å². The number of methoxy groups -OCH3 is 1. The van der Waals surface area contributed by atoms with Crippen molar-refractivity contribution in [3.8, 4) is 11.5 Å². The molecule has 0 spiro atoms. The molecule has 2 aromatic carbocycles. The van der Waals surface area contributed by atoms with E-state index in [1.807, 2.05) is 49.4 Å². The quantitative estimate of drug-likeness (QED) is 0.585. The van der Waals surface area contributed by atoms with Gasteiger partial charge < -0.3 is 24.6 Å². The lowest BCUT2D eigenvalue weighted by Crippen LogP contribution is -3.30. The second-order valence-electron chi connectivity index (χ2n) is 7.37. The Labute approximate surface area is 177 Å². The van der Waals surface area contributed by atoms with Gasteiger partial charge in [0.15, 0.2) is 6.04 Å². The number of hydrogen-bond donors (Lipinski definition) is 3. The van der Waals surface area contributed by atoms with Crippen molar-refractivity contribution in [1.82, 2.24) is 0 Å². The van der Waals surface area contributed by atoms with Crippen LogP contribution in [0.15, 0.2) is 48.5 Å². The van der Waals surface area contributed by atoms with E-state index in [1.165, 1.54) is 9.80 Å². The maximum absolute atomic E-state index is 12.6. The summed E-state index contributed by atoms with van der Waals surface area (Å²) < 4.78 is 11.0. The van der Waals surface area contributed by atoms with E-state index in [4.69, 9.17) is 21.1 Å². The highest BCUT2D eigenvalue weighted by molar-refractivity contribution is 6.33. The molecule has 0 aliphatic carbocycles. The number of para-hydroxylation sites is 1. The number of benzene rings is 2. The van der Waals surface area contributed by atoms with E-state index in [0.717, 1.165) is 44.2 Å².